The molecule has 0 bridgehead atoms. The Bertz CT molecular complexity index is 508. The van der Waals surface area contributed by atoms with Gasteiger partial charge in [-0.1, -0.05) is 44.7 Å². The molecule has 1 aliphatic heterocycles. The summed E-state index contributed by atoms with van der Waals surface area (Å²) in [4.78, 5) is 2.11. The van der Waals surface area contributed by atoms with Gasteiger partial charge in [0.2, 0.25) is 0 Å². The summed E-state index contributed by atoms with van der Waals surface area (Å²) >= 11 is 0. The molecule has 1 aromatic rings. The molecule has 0 saturated carbocycles. The van der Waals surface area contributed by atoms with Gasteiger partial charge >= 0.3 is 0 Å². The summed E-state index contributed by atoms with van der Waals surface area (Å²) in [5, 5.41) is 2.62. The van der Waals surface area contributed by atoms with Gasteiger partial charge in [-0.05, 0) is 21.9 Å². The van der Waals surface area contributed by atoms with E-state index >= 15 is 0 Å². The van der Waals surface area contributed by atoms with Crippen LogP contribution in [0.5, 0.6) is 0 Å². The van der Waals surface area contributed by atoms with Crippen LogP contribution < -0.4 is 10.4 Å². The van der Waals surface area contributed by atoms with Crippen LogP contribution in [0.1, 0.15) is 13.8 Å². The zero-order valence-corrected chi connectivity index (χ0v) is 9.62. The van der Waals surface area contributed by atoms with Gasteiger partial charge in [0.15, 0.2) is 0 Å². The van der Waals surface area contributed by atoms with Crippen LogP contribution in [0.3, 0.4) is 0 Å². The summed E-state index contributed by atoms with van der Waals surface area (Å²) in [6.07, 6.45) is 2.14. The molecule has 1 heterocycles. The number of hydrogen-bond acceptors (Lipinski definition) is 1. The second-order valence-corrected chi connectivity index (χ2v) is 4.34. The van der Waals surface area contributed by atoms with Crippen LogP contribution in [0, 0.1) is 5.92 Å². The van der Waals surface area contributed by atoms with Crippen LogP contribution in [-0.4, -0.2) is 11.9 Å². The van der Waals surface area contributed by atoms with Gasteiger partial charge in [0.05, 0.1) is 0 Å². The molecule has 0 radical (unpaired) electrons. The molecular formula is C14H17N. The van der Waals surface area contributed by atoms with Crippen LogP contribution >= 0.6 is 0 Å². The Morgan fingerprint density at radius 3 is 2.53 bits per heavy atom. The zero-order chi connectivity index (χ0) is 11.0. The van der Waals surface area contributed by atoms with Gasteiger partial charge in [-0.25, -0.2) is 0 Å². The summed E-state index contributed by atoms with van der Waals surface area (Å²) in [7, 11) is 2.06. The van der Waals surface area contributed by atoms with E-state index in [2.05, 4.69) is 62.8 Å². The molecule has 78 valence electrons. The predicted octanol–water partition coefficient (Wildman–Crippen LogP) is 1.69. The van der Waals surface area contributed by atoms with Crippen molar-refractivity contribution in [2.45, 2.75) is 13.8 Å². The fourth-order valence-corrected chi connectivity index (χ4v) is 2.13. The van der Waals surface area contributed by atoms with Gasteiger partial charge in [0, 0.05) is 18.9 Å². The number of allylic oxidation sites excluding steroid dienone is 1. The Hall–Kier alpha value is -1.50. The maximum absolute atomic E-state index is 4.15. The van der Waals surface area contributed by atoms with Crippen molar-refractivity contribution in [2.24, 2.45) is 5.92 Å². The molecule has 0 spiro atoms. The van der Waals surface area contributed by atoms with Crippen molar-refractivity contribution in [1.82, 2.24) is 4.90 Å². The minimum Gasteiger partial charge on any atom is -0.351 e. The lowest BCUT2D eigenvalue weighted by atomic mass is 9.94. The standard InChI is InChI=1S/C14H17N/c1-10(2)14-11(3)15(4)9-12-7-5-6-8-13(12)14/h5-10H,3H2,1-2,4H3. The molecule has 0 atom stereocenters. The highest BCUT2D eigenvalue weighted by Gasteiger charge is 2.14. The molecule has 0 aromatic heterocycles. The van der Waals surface area contributed by atoms with E-state index in [1.165, 1.54) is 16.0 Å². The minimum absolute atomic E-state index is 0.509. The molecule has 0 unspecified atom stereocenters. The van der Waals surface area contributed by atoms with Gasteiger partial charge in [0.25, 0.3) is 0 Å². The Kier molecular flexibility index (Phi) is 2.39. The van der Waals surface area contributed by atoms with E-state index in [0.29, 0.717) is 5.92 Å². The second kappa shape index (κ2) is 3.58. The van der Waals surface area contributed by atoms with Crippen LogP contribution in [0.15, 0.2) is 36.5 Å². The van der Waals surface area contributed by atoms with E-state index in [9.17, 15) is 0 Å². The molecule has 2 rings (SSSR count). The Labute approximate surface area is 91.0 Å². The maximum Gasteiger partial charge on any atom is 0.0372 e. The van der Waals surface area contributed by atoms with E-state index in [-0.39, 0.29) is 0 Å². The number of fused-ring (bicyclic) bond motifs is 1. The molecular weight excluding hydrogens is 182 g/mol. The van der Waals surface area contributed by atoms with Crippen molar-refractivity contribution in [3.05, 3.63) is 47.0 Å². The Morgan fingerprint density at radius 2 is 1.87 bits per heavy atom. The first kappa shape index (κ1) is 10.0. The molecule has 0 N–H and O–H groups in total. The number of benzene rings is 1. The van der Waals surface area contributed by atoms with Crippen LogP contribution in [0.4, 0.5) is 0 Å². The summed E-state index contributed by atoms with van der Waals surface area (Å²) in [6, 6.07) is 8.50. The van der Waals surface area contributed by atoms with E-state index < -0.39 is 0 Å². The molecule has 0 aliphatic carbocycles. The first-order chi connectivity index (χ1) is 7.11. The van der Waals surface area contributed by atoms with Gasteiger partial charge in [0.1, 0.15) is 0 Å². The summed E-state index contributed by atoms with van der Waals surface area (Å²) in [5.74, 6) is 0.509. The second-order valence-electron chi connectivity index (χ2n) is 4.34. The maximum atomic E-state index is 4.15. The summed E-state index contributed by atoms with van der Waals surface area (Å²) in [5.41, 5.74) is 2.47. The molecule has 1 aromatic carbocycles. The summed E-state index contributed by atoms with van der Waals surface area (Å²) in [6.45, 7) is 8.59. The van der Waals surface area contributed by atoms with Crippen LogP contribution in [0.25, 0.3) is 11.8 Å². The van der Waals surface area contributed by atoms with Crippen molar-refractivity contribution in [2.75, 3.05) is 7.05 Å². The number of rotatable bonds is 1. The van der Waals surface area contributed by atoms with Crippen molar-refractivity contribution >= 4 is 11.8 Å². The monoisotopic (exact) mass is 199 g/mol. The van der Waals surface area contributed by atoms with Crippen molar-refractivity contribution < 1.29 is 0 Å². The third-order valence-corrected chi connectivity index (χ3v) is 2.90. The van der Waals surface area contributed by atoms with E-state index in [0.717, 1.165) is 5.70 Å². The fraction of sp³-hybridized carbons (Fsp3) is 0.286. The third-order valence-electron chi connectivity index (χ3n) is 2.90. The molecule has 0 saturated heterocycles. The fourth-order valence-electron chi connectivity index (χ4n) is 2.13. The average molecular weight is 199 g/mol. The quantitative estimate of drug-likeness (QED) is 0.665. The average Bonchev–Trinajstić information content (AvgIpc) is 2.19. The zero-order valence-electron chi connectivity index (χ0n) is 9.62. The van der Waals surface area contributed by atoms with Crippen molar-refractivity contribution in [3.8, 4) is 0 Å². The van der Waals surface area contributed by atoms with E-state index in [1.807, 2.05) is 0 Å². The normalized spacial score (nSPS) is 15.3. The molecule has 0 amide bonds. The lowest BCUT2D eigenvalue weighted by Crippen LogP contribution is -2.37. The highest BCUT2D eigenvalue weighted by Crippen LogP contribution is 2.21. The molecule has 0 fully saturated rings. The molecule has 1 heteroatoms. The lowest BCUT2D eigenvalue weighted by Gasteiger charge is -2.26. The minimum atomic E-state index is 0.509. The van der Waals surface area contributed by atoms with E-state index in [4.69, 9.17) is 0 Å². The SMILES string of the molecule is C=C1C(C(C)C)=c2ccccc2=CN1C. The van der Waals surface area contributed by atoms with E-state index in [1.54, 1.807) is 0 Å². The first-order valence-electron chi connectivity index (χ1n) is 5.34. The largest absolute Gasteiger partial charge is 0.351 e. The third kappa shape index (κ3) is 1.58. The highest BCUT2D eigenvalue weighted by molar-refractivity contribution is 5.67. The highest BCUT2D eigenvalue weighted by atomic mass is 15.1. The van der Waals surface area contributed by atoms with Crippen molar-refractivity contribution in [1.29, 1.82) is 0 Å². The number of hydrogen-bond donors (Lipinski definition) is 0. The lowest BCUT2D eigenvalue weighted by molar-refractivity contribution is 0.621. The Morgan fingerprint density at radius 1 is 1.20 bits per heavy atom. The molecule has 15 heavy (non-hydrogen) atoms. The predicted molar refractivity (Wildman–Crippen MR) is 65.3 cm³/mol. The topological polar surface area (TPSA) is 3.24 Å². The van der Waals surface area contributed by atoms with Crippen LogP contribution in [0.2, 0.25) is 0 Å². The number of nitrogens with zero attached hydrogens (tertiary/aromatic N) is 1. The smallest absolute Gasteiger partial charge is 0.0372 e. The molecule has 1 aliphatic rings. The van der Waals surface area contributed by atoms with Gasteiger partial charge in [-0.3, -0.25) is 0 Å². The van der Waals surface area contributed by atoms with Crippen LogP contribution in [-0.2, 0) is 0 Å². The van der Waals surface area contributed by atoms with Gasteiger partial charge in [-0.15, -0.1) is 0 Å². The first-order valence-corrected chi connectivity index (χ1v) is 5.34. The van der Waals surface area contributed by atoms with Gasteiger partial charge in [-0.2, -0.15) is 0 Å². The Balaban J connectivity index is 2.86. The van der Waals surface area contributed by atoms with Gasteiger partial charge < -0.3 is 4.90 Å². The molecule has 1 nitrogen and oxygen atoms in total. The van der Waals surface area contributed by atoms with Crippen molar-refractivity contribution in [3.63, 3.8) is 0 Å². The summed E-state index contributed by atoms with van der Waals surface area (Å²) < 4.78 is 0.